The van der Waals surface area contributed by atoms with Gasteiger partial charge < -0.3 is 19.2 Å². The molecule has 1 unspecified atom stereocenters. The fraction of sp³-hybridized carbons (Fsp3) is 0.421. The maximum Gasteiger partial charge on any atom is 0.298 e. The number of nitrogens with zero attached hydrogens (tertiary/aromatic N) is 3. The molecule has 1 fully saturated rings. The molecule has 0 aliphatic carbocycles. The van der Waals surface area contributed by atoms with Gasteiger partial charge in [-0.15, -0.1) is 0 Å². The van der Waals surface area contributed by atoms with Gasteiger partial charge in [-0.1, -0.05) is 16.8 Å². The fourth-order valence-electron chi connectivity index (χ4n) is 3.45. The van der Waals surface area contributed by atoms with E-state index in [0.29, 0.717) is 35.3 Å². The molecule has 142 valence electrons. The Labute approximate surface area is 161 Å². The van der Waals surface area contributed by atoms with Gasteiger partial charge in [-0.05, 0) is 37.8 Å². The summed E-state index contributed by atoms with van der Waals surface area (Å²) in [5.41, 5.74) is 2.28. The molecule has 0 spiro atoms. The lowest BCUT2D eigenvalue weighted by atomic mass is 9.94. The molecule has 3 aromatic rings. The van der Waals surface area contributed by atoms with Gasteiger partial charge in [0.15, 0.2) is 11.3 Å². The van der Waals surface area contributed by atoms with Gasteiger partial charge in [-0.2, -0.15) is 4.98 Å². The largest absolute Gasteiger partial charge is 0.423 e. The third-order valence-corrected chi connectivity index (χ3v) is 4.97. The minimum absolute atomic E-state index is 0.0141. The molecule has 8 heteroatoms. The molecule has 1 aromatic carbocycles. The van der Waals surface area contributed by atoms with Gasteiger partial charge in [-0.3, -0.25) is 4.79 Å². The summed E-state index contributed by atoms with van der Waals surface area (Å²) in [5, 5.41) is 7.34. The van der Waals surface area contributed by atoms with Gasteiger partial charge in [0.2, 0.25) is 5.91 Å². The van der Waals surface area contributed by atoms with Gasteiger partial charge in [0.1, 0.15) is 5.52 Å². The quantitative estimate of drug-likeness (QED) is 0.717. The third kappa shape index (κ3) is 4.24. The van der Waals surface area contributed by atoms with Crippen molar-refractivity contribution in [3.05, 3.63) is 40.7 Å². The van der Waals surface area contributed by atoms with E-state index in [9.17, 15) is 4.79 Å². The minimum atomic E-state index is 0.0141. The van der Waals surface area contributed by atoms with E-state index in [1.807, 2.05) is 19.1 Å². The highest BCUT2D eigenvalue weighted by molar-refractivity contribution is 6.31. The van der Waals surface area contributed by atoms with E-state index in [-0.39, 0.29) is 11.8 Å². The average Bonchev–Trinajstić information content (AvgIpc) is 3.26. The van der Waals surface area contributed by atoms with Crippen LogP contribution in [-0.2, 0) is 11.3 Å². The first-order valence-corrected chi connectivity index (χ1v) is 9.44. The number of aryl methyl sites for hydroxylation is 1. The Morgan fingerprint density at radius 1 is 1.41 bits per heavy atom. The summed E-state index contributed by atoms with van der Waals surface area (Å²) >= 11 is 6.01. The topological polar surface area (TPSA) is 84.4 Å². The zero-order valence-electron chi connectivity index (χ0n) is 15.1. The number of fused-ring (bicyclic) bond motifs is 1. The summed E-state index contributed by atoms with van der Waals surface area (Å²) in [5.74, 6) is 0.935. The average molecular weight is 389 g/mol. The molecule has 7 nitrogen and oxygen atoms in total. The van der Waals surface area contributed by atoms with Crippen LogP contribution in [0.25, 0.3) is 11.1 Å². The van der Waals surface area contributed by atoms with Crippen molar-refractivity contribution in [1.82, 2.24) is 15.5 Å². The highest BCUT2D eigenvalue weighted by Gasteiger charge is 2.25. The van der Waals surface area contributed by atoms with Crippen molar-refractivity contribution in [1.29, 1.82) is 0 Å². The number of carbonyl (C=O) groups excluding carboxylic acids is 1. The number of amides is 1. The Balaban J connectivity index is 1.35. The molecule has 1 aliphatic rings. The van der Waals surface area contributed by atoms with E-state index in [1.165, 1.54) is 0 Å². The first kappa shape index (κ1) is 17.9. The van der Waals surface area contributed by atoms with Crippen LogP contribution >= 0.6 is 11.6 Å². The van der Waals surface area contributed by atoms with Crippen LogP contribution in [0, 0.1) is 12.8 Å². The molecule has 1 amide bonds. The Morgan fingerprint density at radius 2 is 2.30 bits per heavy atom. The Hall–Kier alpha value is -2.54. The number of hydrogen-bond donors (Lipinski definition) is 1. The molecule has 1 aliphatic heterocycles. The second-order valence-corrected chi connectivity index (χ2v) is 7.41. The van der Waals surface area contributed by atoms with Crippen molar-refractivity contribution in [3.8, 4) is 0 Å². The molecular formula is C19H21ClN4O3. The lowest BCUT2D eigenvalue weighted by molar-refractivity contribution is -0.122. The predicted molar refractivity (Wildman–Crippen MR) is 102 cm³/mol. The molecular weight excluding hydrogens is 368 g/mol. The van der Waals surface area contributed by atoms with Crippen molar-refractivity contribution in [3.63, 3.8) is 0 Å². The van der Waals surface area contributed by atoms with Gasteiger partial charge in [0.05, 0.1) is 12.2 Å². The van der Waals surface area contributed by atoms with E-state index in [0.717, 1.165) is 37.1 Å². The van der Waals surface area contributed by atoms with E-state index in [4.69, 9.17) is 20.5 Å². The number of halogens is 1. The molecule has 0 bridgehead atoms. The number of nitrogens with one attached hydrogen (secondary N) is 1. The summed E-state index contributed by atoms with van der Waals surface area (Å²) in [7, 11) is 0. The molecule has 1 N–H and O–H groups in total. The predicted octanol–water partition coefficient (Wildman–Crippen LogP) is 3.70. The van der Waals surface area contributed by atoms with Crippen LogP contribution in [0.5, 0.6) is 0 Å². The Kier molecular flexibility index (Phi) is 5.03. The Bertz CT molecular complexity index is 951. The second kappa shape index (κ2) is 7.60. The van der Waals surface area contributed by atoms with Crippen molar-refractivity contribution < 1.29 is 13.7 Å². The van der Waals surface area contributed by atoms with Crippen LogP contribution in [0.15, 0.2) is 33.2 Å². The standard InChI is InChI=1S/C19H21ClN4O3/c1-12-7-15(27-23-12)10-21-18(25)8-13-3-2-6-24(11-13)19-22-16-5-4-14(20)9-17(16)26-19/h4-5,7,9,13H,2-3,6,8,10-11H2,1H3,(H,21,25). The molecule has 0 saturated carbocycles. The van der Waals surface area contributed by atoms with Crippen LogP contribution in [0.4, 0.5) is 6.01 Å². The maximum absolute atomic E-state index is 12.3. The van der Waals surface area contributed by atoms with Crippen LogP contribution in [-0.4, -0.2) is 29.1 Å². The minimum Gasteiger partial charge on any atom is -0.423 e. The lowest BCUT2D eigenvalue weighted by Gasteiger charge is -2.31. The second-order valence-electron chi connectivity index (χ2n) is 6.98. The zero-order valence-corrected chi connectivity index (χ0v) is 15.8. The fourth-order valence-corrected chi connectivity index (χ4v) is 3.61. The number of benzene rings is 1. The normalized spacial score (nSPS) is 17.4. The number of anilines is 1. The molecule has 3 heterocycles. The molecule has 0 radical (unpaired) electrons. The monoisotopic (exact) mass is 388 g/mol. The van der Waals surface area contributed by atoms with Gasteiger partial charge >= 0.3 is 0 Å². The van der Waals surface area contributed by atoms with E-state index < -0.39 is 0 Å². The van der Waals surface area contributed by atoms with Crippen molar-refractivity contribution in [2.24, 2.45) is 5.92 Å². The third-order valence-electron chi connectivity index (χ3n) is 4.74. The molecule has 27 heavy (non-hydrogen) atoms. The van der Waals surface area contributed by atoms with Crippen LogP contribution in [0.2, 0.25) is 5.02 Å². The SMILES string of the molecule is Cc1cc(CNC(=O)CC2CCCN(c3nc4ccc(Cl)cc4o3)C2)on1. The highest BCUT2D eigenvalue weighted by atomic mass is 35.5. The van der Waals surface area contributed by atoms with Crippen LogP contribution in [0.1, 0.15) is 30.7 Å². The number of rotatable bonds is 5. The summed E-state index contributed by atoms with van der Waals surface area (Å²) in [4.78, 5) is 18.9. The first-order chi connectivity index (χ1) is 13.1. The smallest absolute Gasteiger partial charge is 0.298 e. The highest BCUT2D eigenvalue weighted by Crippen LogP contribution is 2.28. The molecule has 2 aromatic heterocycles. The van der Waals surface area contributed by atoms with Gasteiger partial charge in [0, 0.05) is 36.7 Å². The zero-order chi connectivity index (χ0) is 18.8. The van der Waals surface area contributed by atoms with E-state index in [1.54, 1.807) is 12.1 Å². The van der Waals surface area contributed by atoms with E-state index in [2.05, 4.69) is 20.4 Å². The van der Waals surface area contributed by atoms with Crippen LogP contribution < -0.4 is 10.2 Å². The Morgan fingerprint density at radius 3 is 3.11 bits per heavy atom. The van der Waals surface area contributed by atoms with Crippen molar-refractivity contribution in [2.45, 2.75) is 32.7 Å². The van der Waals surface area contributed by atoms with Gasteiger partial charge in [0.25, 0.3) is 6.01 Å². The molecule has 1 saturated heterocycles. The summed E-state index contributed by atoms with van der Waals surface area (Å²) < 4.78 is 11.0. The summed E-state index contributed by atoms with van der Waals surface area (Å²) in [6, 6.07) is 7.84. The first-order valence-electron chi connectivity index (χ1n) is 9.07. The number of hydrogen-bond acceptors (Lipinski definition) is 6. The maximum atomic E-state index is 12.3. The number of oxazole rings is 1. The number of piperidine rings is 1. The summed E-state index contributed by atoms with van der Waals surface area (Å²) in [6.07, 6.45) is 2.48. The lowest BCUT2D eigenvalue weighted by Crippen LogP contribution is -2.38. The number of aromatic nitrogens is 2. The summed E-state index contributed by atoms with van der Waals surface area (Å²) in [6.45, 7) is 3.83. The van der Waals surface area contributed by atoms with Crippen molar-refractivity contribution >= 4 is 34.6 Å². The van der Waals surface area contributed by atoms with Crippen LogP contribution in [0.3, 0.4) is 0 Å². The van der Waals surface area contributed by atoms with Gasteiger partial charge in [-0.25, -0.2) is 0 Å². The van der Waals surface area contributed by atoms with E-state index >= 15 is 0 Å². The molecule has 1 atom stereocenters. The molecule has 4 rings (SSSR count). The van der Waals surface area contributed by atoms with Crippen molar-refractivity contribution in [2.75, 3.05) is 18.0 Å². The number of carbonyl (C=O) groups is 1.